The predicted molar refractivity (Wildman–Crippen MR) is 78.1 cm³/mol. The summed E-state index contributed by atoms with van der Waals surface area (Å²) in [5.74, 6) is -4.51. The molecule has 2 aromatic carbocycles. The monoisotopic (exact) mass is 322 g/mol. The highest BCUT2D eigenvalue weighted by atomic mass is 19.1. The number of hydrogen-bond acceptors (Lipinski definition) is 2. The highest BCUT2D eigenvalue weighted by Crippen LogP contribution is 2.17. The molecule has 0 heterocycles. The maximum Gasteiger partial charge on any atom is 0.313 e. The molecule has 2 N–H and O–H groups in total. The molecule has 0 bridgehead atoms. The lowest BCUT2D eigenvalue weighted by molar-refractivity contribution is -0.136. The van der Waals surface area contributed by atoms with Crippen LogP contribution in [0.5, 0.6) is 0 Å². The molecule has 0 saturated carbocycles. The second kappa shape index (κ2) is 7.44. The van der Waals surface area contributed by atoms with E-state index in [1.165, 1.54) is 12.1 Å². The van der Waals surface area contributed by atoms with Gasteiger partial charge < -0.3 is 10.6 Å². The van der Waals surface area contributed by atoms with E-state index in [9.17, 15) is 22.8 Å². The molecule has 0 aliphatic heterocycles. The van der Waals surface area contributed by atoms with Crippen LogP contribution in [-0.2, 0) is 16.0 Å². The number of nitrogens with one attached hydrogen (secondary N) is 2. The molecule has 0 atom stereocenters. The fraction of sp³-hybridized carbons (Fsp3) is 0.125. The van der Waals surface area contributed by atoms with Crippen LogP contribution in [0, 0.1) is 17.5 Å². The molecule has 0 unspecified atom stereocenters. The zero-order valence-corrected chi connectivity index (χ0v) is 11.9. The summed E-state index contributed by atoms with van der Waals surface area (Å²) in [6.07, 6.45) is 0.382. The van der Waals surface area contributed by atoms with Gasteiger partial charge in [0.05, 0.1) is 0 Å². The molecular formula is C16H13F3N2O2. The van der Waals surface area contributed by atoms with Crippen LogP contribution in [0.25, 0.3) is 0 Å². The summed E-state index contributed by atoms with van der Waals surface area (Å²) in [6.45, 7) is 0.123. The van der Waals surface area contributed by atoms with Crippen molar-refractivity contribution in [3.63, 3.8) is 0 Å². The van der Waals surface area contributed by atoms with Gasteiger partial charge in [0.2, 0.25) is 0 Å². The lowest BCUT2D eigenvalue weighted by atomic mass is 10.1. The van der Waals surface area contributed by atoms with Crippen LogP contribution in [0.15, 0.2) is 42.5 Å². The van der Waals surface area contributed by atoms with Gasteiger partial charge in [0.15, 0.2) is 0 Å². The fourth-order valence-electron chi connectivity index (χ4n) is 1.84. The third kappa shape index (κ3) is 4.57. The number of rotatable bonds is 4. The average molecular weight is 322 g/mol. The summed E-state index contributed by atoms with van der Waals surface area (Å²) in [5.41, 5.74) is 0.0958. The van der Waals surface area contributed by atoms with E-state index in [2.05, 4.69) is 5.32 Å². The third-order valence-corrected chi connectivity index (χ3v) is 3.02. The van der Waals surface area contributed by atoms with Crippen LogP contribution < -0.4 is 10.6 Å². The van der Waals surface area contributed by atoms with Crippen molar-refractivity contribution in [3.8, 4) is 0 Å². The van der Waals surface area contributed by atoms with E-state index in [-0.39, 0.29) is 12.4 Å². The van der Waals surface area contributed by atoms with Gasteiger partial charge in [0, 0.05) is 6.54 Å². The van der Waals surface area contributed by atoms with Crippen molar-refractivity contribution in [1.29, 1.82) is 0 Å². The fourth-order valence-corrected chi connectivity index (χ4v) is 1.84. The van der Waals surface area contributed by atoms with Crippen molar-refractivity contribution < 1.29 is 22.8 Å². The average Bonchev–Trinajstić information content (AvgIpc) is 2.52. The lowest BCUT2D eigenvalue weighted by Crippen LogP contribution is -2.36. The summed E-state index contributed by atoms with van der Waals surface area (Å²) in [6, 6.07) is 8.74. The summed E-state index contributed by atoms with van der Waals surface area (Å²) < 4.78 is 39.5. The Bertz CT molecular complexity index is 698. The number of benzene rings is 2. The molecule has 0 aliphatic rings. The van der Waals surface area contributed by atoms with Crippen molar-refractivity contribution in [2.75, 3.05) is 11.9 Å². The molecule has 0 spiro atoms. The molecule has 4 nitrogen and oxygen atoms in total. The first-order valence-corrected chi connectivity index (χ1v) is 6.75. The predicted octanol–water partition coefficient (Wildman–Crippen LogP) is 2.40. The molecule has 0 fully saturated rings. The molecule has 0 aromatic heterocycles. The first kappa shape index (κ1) is 16.5. The number of carbonyl (C=O) groups excluding carboxylic acids is 2. The van der Waals surface area contributed by atoms with E-state index in [4.69, 9.17) is 0 Å². The van der Waals surface area contributed by atoms with Crippen LogP contribution in [0.2, 0.25) is 0 Å². The summed E-state index contributed by atoms with van der Waals surface area (Å²) in [5, 5.41) is 4.20. The number of anilines is 1. The molecule has 0 saturated heterocycles. The smallest absolute Gasteiger partial charge is 0.313 e. The Morgan fingerprint density at radius 1 is 0.870 bits per heavy atom. The van der Waals surface area contributed by atoms with Gasteiger partial charge in [0.25, 0.3) is 0 Å². The van der Waals surface area contributed by atoms with Crippen molar-refractivity contribution >= 4 is 17.5 Å². The number of amides is 2. The molecule has 23 heavy (non-hydrogen) atoms. The zero-order chi connectivity index (χ0) is 16.8. The topological polar surface area (TPSA) is 58.2 Å². The Kier molecular flexibility index (Phi) is 5.35. The Hall–Kier alpha value is -2.83. The molecule has 0 aliphatic carbocycles. The third-order valence-electron chi connectivity index (χ3n) is 3.02. The van der Waals surface area contributed by atoms with E-state index >= 15 is 0 Å². The van der Waals surface area contributed by atoms with Gasteiger partial charge >= 0.3 is 11.8 Å². The van der Waals surface area contributed by atoms with E-state index in [0.717, 1.165) is 23.8 Å². The molecule has 2 amide bonds. The SMILES string of the molecule is O=C(NCCc1ccc(F)cc1)C(=O)Nc1c(F)cccc1F. The Labute approximate surface area is 130 Å². The quantitative estimate of drug-likeness (QED) is 0.849. The van der Waals surface area contributed by atoms with Crippen LogP contribution in [-0.4, -0.2) is 18.4 Å². The standard InChI is InChI=1S/C16H13F3N2O2/c17-11-6-4-10(5-7-11)8-9-20-15(22)16(23)21-14-12(18)2-1-3-13(14)19/h1-7H,8-9H2,(H,20,22)(H,21,23). The second-order valence-electron chi connectivity index (χ2n) is 4.68. The Balaban J connectivity index is 1.85. The van der Waals surface area contributed by atoms with Crippen LogP contribution >= 0.6 is 0 Å². The van der Waals surface area contributed by atoms with E-state index in [1.54, 1.807) is 12.1 Å². The molecular weight excluding hydrogens is 309 g/mol. The maximum absolute atomic E-state index is 13.4. The first-order chi connectivity index (χ1) is 11.0. The minimum absolute atomic E-state index is 0.123. The summed E-state index contributed by atoms with van der Waals surface area (Å²) in [4.78, 5) is 23.2. The highest BCUT2D eigenvalue weighted by Gasteiger charge is 2.17. The van der Waals surface area contributed by atoms with E-state index in [1.807, 2.05) is 5.32 Å². The van der Waals surface area contributed by atoms with E-state index < -0.39 is 29.1 Å². The van der Waals surface area contributed by atoms with Crippen LogP contribution in [0.3, 0.4) is 0 Å². The largest absolute Gasteiger partial charge is 0.347 e. The minimum atomic E-state index is -1.17. The molecule has 120 valence electrons. The van der Waals surface area contributed by atoms with Crippen molar-refractivity contribution in [3.05, 3.63) is 65.5 Å². The van der Waals surface area contributed by atoms with Gasteiger partial charge in [-0.25, -0.2) is 13.2 Å². The first-order valence-electron chi connectivity index (χ1n) is 6.75. The van der Waals surface area contributed by atoms with Gasteiger partial charge in [-0.3, -0.25) is 9.59 Å². The Morgan fingerprint density at radius 3 is 2.09 bits per heavy atom. The van der Waals surface area contributed by atoms with Gasteiger partial charge in [-0.05, 0) is 36.2 Å². The van der Waals surface area contributed by atoms with Crippen molar-refractivity contribution in [2.45, 2.75) is 6.42 Å². The number of carbonyl (C=O) groups is 2. The minimum Gasteiger partial charge on any atom is -0.347 e. The summed E-state index contributed by atoms with van der Waals surface area (Å²) >= 11 is 0. The summed E-state index contributed by atoms with van der Waals surface area (Å²) in [7, 11) is 0. The highest BCUT2D eigenvalue weighted by molar-refractivity contribution is 6.39. The number of halogens is 3. The lowest BCUT2D eigenvalue weighted by Gasteiger charge is -2.08. The molecule has 7 heteroatoms. The number of hydrogen-bond donors (Lipinski definition) is 2. The molecule has 2 aromatic rings. The van der Waals surface area contributed by atoms with E-state index in [0.29, 0.717) is 6.42 Å². The van der Waals surface area contributed by atoms with Crippen LogP contribution in [0.4, 0.5) is 18.9 Å². The van der Waals surface area contributed by atoms with Crippen molar-refractivity contribution in [1.82, 2.24) is 5.32 Å². The normalized spacial score (nSPS) is 10.2. The zero-order valence-electron chi connectivity index (χ0n) is 11.9. The second-order valence-corrected chi connectivity index (χ2v) is 4.68. The van der Waals surface area contributed by atoms with Crippen molar-refractivity contribution in [2.24, 2.45) is 0 Å². The van der Waals surface area contributed by atoms with Gasteiger partial charge in [-0.15, -0.1) is 0 Å². The van der Waals surface area contributed by atoms with Gasteiger partial charge in [-0.2, -0.15) is 0 Å². The van der Waals surface area contributed by atoms with Crippen LogP contribution in [0.1, 0.15) is 5.56 Å². The van der Waals surface area contributed by atoms with Gasteiger partial charge in [-0.1, -0.05) is 18.2 Å². The Morgan fingerprint density at radius 2 is 1.48 bits per heavy atom. The molecule has 0 radical (unpaired) electrons. The molecule has 2 rings (SSSR count). The number of para-hydroxylation sites is 1. The van der Waals surface area contributed by atoms with Gasteiger partial charge in [0.1, 0.15) is 23.1 Å². The maximum atomic E-state index is 13.4.